The van der Waals surface area contributed by atoms with E-state index in [-0.39, 0.29) is 12.5 Å². The fraction of sp³-hybridized carbons (Fsp3) is 0.600. The lowest BCUT2D eigenvalue weighted by atomic mass is 10.4. The first kappa shape index (κ1) is 10.0. The summed E-state index contributed by atoms with van der Waals surface area (Å²) in [6, 6.07) is 0.450. The van der Waals surface area contributed by atoms with Crippen LogP contribution >= 0.6 is 0 Å². The number of nitrogens with two attached hydrogens (primary N) is 1. The number of anilines is 1. The maximum absolute atomic E-state index is 11.7. The Morgan fingerprint density at radius 3 is 2.87 bits per heavy atom. The number of carbonyl (C=O) groups excluding carboxylic acids is 1. The van der Waals surface area contributed by atoms with Crippen molar-refractivity contribution in [3.63, 3.8) is 0 Å². The van der Waals surface area contributed by atoms with Gasteiger partial charge in [0.1, 0.15) is 12.4 Å². The van der Waals surface area contributed by atoms with Crippen LogP contribution in [0.3, 0.4) is 0 Å². The van der Waals surface area contributed by atoms with Crippen molar-refractivity contribution in [2.75, 3.05) is 12.8 Å². The minimum Gasteiger partial charge on any atom is -0.382 e. The van der Waals surface area contributed by atoms with Crippen molar-refractivity contribution in [1.82, 2.24) is 14.7 Å². The molecule has 15 heavy (non-hydrogen) atoms. The molecule has 1 aromatic heterocycles. The summed E-state index contributed by atoms with van der Waals surface area (Å²) >= 11 is 0. The Morgan fingerprint density at radius 2 is 2.40 bits per heavy atom. The van der Waals surface area contributed by atoms with E-state index in [2.05, 4.69) is 5.10 Å². The second-order valence-corrected chi connectivity index (χ2v) is 4.13. The summed E-state index contributed by atoms with van der Waals surface area (Å²) in [7, 11) is 1.85. The largest absolute Gasteiger partial charge is 0.382 e. The number of aryl methyl sites for hydroxylation is 1. The van der Waals surface area contributed by atoms with E-state index in [0.29, 0.717) is 11.9 Å². The number of hydrogen-bond donors (Lipinski definition) is 1. The van der Waals surface area contributed by atoms with Crippen LogP contribution in [0.2, 0.25) is 0 Å². The van der Waals surface area contributed by atoms with Crippen LogP contribution in [0, 0.1) is 6.92 Å². The predicted molar refractivity (Wildman–Crippen MR) is 57.2 cm³/mol. The Balaban J connectivity index is 1.98. The summed E-state index contributed by atoms with van der Waals surface area (Å²) in [6.45, 7) is 2.17. The number of aromatic nitrogens is 2. The third-order valence-corrected chi connectivity index (χ3v) is 2.77. The van der Waals surface area contributed by atoms with Gasteiger partial charge in [-0.25, -0.2) is 0 Å². The molecule has 0 spiro atoms. The lowest BCUT2D eigenvalue weighted by Crippen LogP contribution is -2.32. The molecular weight excluding hydrogens is 192 g/mol. The van der Waals surface area contributed by atoms with E-state index < -0.39 is 0 Å². The van der Waals surface area contributed by atoms with E-state index in [4.69, 9.17) is 5.73 Å². The maximum atomic E-state index is 11.7. The number of carbonyl (C=O) groups is 1. The first-order valence-corrected chi connectivity index (χ1v) is 5.13. The molecule has 0 unspecified atom stereocenters. The highest BCUT2D eigenvalue weighted by atomic mass is 16.2. The average molecular weight is 208 g/mol. The quantitative estimate of drug-likeness (QED) is 0.781. The first-order valence-electron chi connectivity index (χ1n) is 5.13. The molecular formula is C10H16N4O. The molecule has 0 bridgehead atoms. The highest BCUT2D eigenvalue weighted by Crippen LogP contribution is 2.25. The molecule has 2 N–H and O–H groups in total. The highest BCUT2D eigenvalue weighted by Gasteiger charge is 2.29. The number of rotatable bonds is 3. The molecule has 1 fully saturated rings. The molecule has 5 heteroatoms. The molecule has 0 saturated heterocycles. The van der Waals surface area contributed by atoms with Crippen LogP contribution in [0.15, 0.2) is 6.20 Å². The lowest BCUT2D eigenvalue weighted by Gasteiger charge is -2.15. The molecule has 0 aliphatic heterocycles. The van der Waals surface area contributed by atoms with Gasteiger partial charge in [0.15, 0.2) is 0 Å². The van der Waals surface area contributed by atoms with Gasteiger partial charge in [-0.15, -0.1) is 0 Å². The van der Waals surface area contributed by atoms with Crippen molar-refractivity contribution in [3.8, 4) is 0 Å². The van der Waals surface area contributed by atoms with Gasteiger partial charge in [-0.05, 0) is 19.8 Å². The minimum atomic E-state index is 0.0972. The first-order chi connectivity index (χ1) is 7.08. The molecule has 0 atom stereocenters. The van der Waals surface area contributed by atoms with Gasteiger partial charge in [0, 0.05) is 24.8 Å². The van der Waals surface area contributed by atoms with Crippen LogP contribution in [0.5, 0.6) is 0 Å². The van der Waals surface area contributed by atoms with E-state index in [0.717, 1.165) is 18.4 Å². The van der Waals surface area contributed by atoms with E-state index >= 15 is 0 Å². The van der Waals surface area contributed by atoms with Gasteiger partial charge >= 0.3 is 0 Å². The van der Waals surface area contributed by atoms with Crippen LogP contribution in [-0.2, 0) is 11.3 Å². The smallest absolute Gasteiger partial charge is 0.244 e. The Kier molecular flexibility index (Phi) is 2.38. The van der Waals surface area contributed by atoms with Gasteiger partial charge < -0.3 is 10.6 Å². The molecule has 1 aliphatic rings. The summed E-state index contributed by atoms with van der Waals surface area (Å²) in [5.41, 5.74) is 6.52. The number of nitrogens with zero attached hydrogens (tertiary/aromatic N) is 3. The van der Waals surface area contributed by atoms with Crippen LogP contribution in [-0.4, -0.2) is 33.7 Å². The fourth-order valence-corrected chi connectivity index (χ4v) is 1.53. The third kappa shape index (κ3) is 2.11. The molecule has 1 amide bonds. The van der Waals surface area contributed by atoms with Crippen LogP contribution < -0.4 is 5.73 Å². The monoisotopic (exact) mass is 208 g/mol. The Labute approximate surface area is 88.8 Å². The molecule has 5 nitrogen and oxygen atoms in total. The number of likely N-dealkylation sites (N-methyl/N-ethyl adjacent to an activating group) is 1. The number of nitrogen functional groups attached to an aromatic ring is 1. The van der Waals surface area contributed by atoms with Crippen molar-refractivity contribution in [2.24, 2.45) is 0 Å². The number of hydrogen-bond acceptors (Lipinski definition) is 3. The Hall–Kier alpha value is -1.52. The summed E-state index contributed by atoms with van der Waals surface area (Å²) in [5, 5.41) is 4.06. The van der Waals surface area contributed by atoms with Gasteiger partial charge in [0.2, 0.25) is 5.91 Å². The van der Waals surface area contributed by atoms with Gasteiger partial charge in [0.25, 0.3) is 0 Å². The minimum absolute atomic E-state index is 0.0972. The molecule has 82 valence electrons. The molecule has 0 aromatic carbocycles. The van der Waals surface area contributed by atoms with Crippen molar-refractivity contribution in [2.45, 2.75) is 32.4 Å². The standard InChI is InChI=1S/C10H16N4O/c1-7-5-14(12-10(7)11)6-9(15)13(2)8-3-4-8/h5,8H,3-4,6H2,1-2H3,(H2,11,12). The number of amides is 1. The fourth-order valence-electron chi connectivity index (χ4n) is 1.53. The van der Waals surface area contributed by atoms with Crippen LogP contribution in [0.4, 0.5) is 5.82 Å². The molecule has 1 heterocycles. The zero-order valence-electron chi connectivity index (χ0n) is 9.10. The van der Waals surface area contributed by atoms with Gasteiger partial charge in [0.05, 0.1) is 0 Å². The zero-order valence-corrected chi connectivity index (χ0v) is 9.10. The summed E-state index contributed by atoms with van der Waals surface area (Å²) in [5.74, 6) is 0.594. The molecule has 1 saturated carbocycles. The van der Waals surface area contributed by atoms with Crippen molar-refractivity contribution in [1.29, 1.82) is 0 Å². The molecule has 1 aliphatic carbocycles. The second-order valence-electron chi connectivity index (χ2n) is 4.13. The maximum Gasteiger partial charge on any atom is 0.244 e. The summed E-state index contributed by atoms with van der Waals surface area (Å²) in [6.07, 6.45) is 4.05. The zero-order chi connectivity index (χ0) is 11.0. The Morgan fingerprint density at radius 1 is 1.73 bits per heavy atom. The summed E-state index contributed by atoms with van der Waals surface area (Å²) < 4.78 is 1.60. The average Bonchev–Trinajstić information content (AvgIpc) is 2.95. The van der Waals surface area contributed by atoms with Gasteiger partial charge in [-0.3, -0.25) is 9.48 Å². The van der Waals surface area contributed by atoms with E-state index in [1.54, 1.807) is 15.8 Å². The normalized spacial score (nSPS) is 15.3. The van der Waals surface area contributed by atoms with Crippen molar-refractivity contribution < 1.29 is 4.79 Å². The summed E-state index contributed by atoms with van der Waals surface area (Å²) in [4.78, 5) is 13.5. The molecule has 0 radical (unpaired) electrons. The van der Waals surface area contributed by atoms with Crippen molar-refractivity contribution >= 4 is 11.7 Å². The lowest BCUT2D eigenvalue weighted by molar-refractivity contribution is -0.131. The molecule has 2 rings (SSSR count). The predicted octanol–water partition coefficient (Wildman–Crippen LogP) is 0.395. The third-order valence-electron chi connectivity index (χ3n) is 2.77. The van der Waals surface area contributed by atoms with E-state index in [1.165, 1.54) is 0 Å². The Bertz CT molecular complexity index is 361. The van der Waals surface area contributed by atoms with Crippen LogP contribution in [0.25, 0.3) is 0 Å². The van der Waals surface area contributed by atoms with Gasteiger partial charge in [-0.2, -0.15) is 5.10 Å². The topological polar surface area (TPSA) is 64.2 Å². The highest BCUT2D eigenvalue weighted by molar-refractivity contribution is 5.76. The van der Waals surface area contributed by atoms with Gasteiger partial charge in [-0.1, -0.05) is 0 Å². The van der Waals surface area contributed by atoms with E-state index in [1.807, 2.05) is 14.0 Å². The second kappa shape index (κ2) is 3.56. The molecule has 1 aromatic rings. The van der Waals surface area contributed by atoms with Crippen LogP contribution in [0.1, 0.15) is 18.4 Å². The SMILES string of the molecule is Cc1cn(CC(=O)N(C)C2CC2)nc1N. The van der Waals surface area contributed by atoms with E-state index in [9.17, 15) is 4.79 Å². The van der Waals surface area contributed by atoms with Crippen molar-refractivity contribution in [3.05, 3.63) is 11.8 Å².